The Bertz CT molecular complexity index is 3760. The van der Waals surface area contributed by atoms with Crippen molar-refractivity contribution in [2.75, 3.05) is 4.90 Å². The van der Waals surface area contributed by atoms with Crippen molar-refractivity contribution in [1.82, 2.24) is 0 Å². The molecule has 10 aromatic rings. The zero-order chi connectivity index (χ0) is 47.0. The van der Waals surface area contributed by atoms with E-state index >= 15 is 0 Å². The number of anilines is 3. The molecule has 334 valence electrons. The summed E-state index contributed by atoms with van der Waals surface area (Å²) in [6.45, 7) is 19.0. The third kappa shape index (κ3) is 5.11. The molecule has 0 bridgehead atoms. The average Bonchev–Trinajstić information content (AvgIpc) is 3.97. The van der Waals surface area contributed by atoms with Gasteiger partial charge in [0, 0.05) is 27.9 Å². The Morgan fingerprint density at radius 1 is 0.391 bits per heavy atom. The van der Waals surface area contributed by atoms with Crippen molar-refractivity contribution in [3.8, 4) is 22.3 Å². The van der Waals surface area contributed by atoms with Crippen LogP contribution in [0.3, 0.4) is 0 Å². The molecular weight excluding hydrogens is 851 g/mol. The van der Waals surface area contributed by atoms with Crippen LogP contribution >= 0.6 is 0 Å². The molecular formula is C66H55NOSi. The molecule has 0 radical (unpaired) electrons. The highest BCUT2D eigenvalue weighted by molar-refractivity contribution is 7.24. The molecule has 3 aliphatic heterocycles. The fraction of sp³-hybridized carbons (Fsp3) is 0.182. The van der Waals surface area contributed by atoms with Crippen LogP contribution in [0.4, 0.5) is 17.1 Å². The summed E-state index contributed by atoms with van der Waals surface area (Å²) in [5.74, 6) is 0. The Hall–Kier alpha value is -7.20. The minimum absolute atomic E-state index is 0.0104. The largest absolute Gasteiger partial charge is 0.456 e. The first-order valence-corrected chi connectivity index (χ1v) is 26.8. The SMILES string of the molecule is CC(C)(C)c1ccc2c(c1)[Si]1(c3ccccc3-c3ccc(N4c5ccccc5C5(c6cc7c(cc64)oc4ccccc47)c4ccccc4C(C)(C)c4ccccc45)cc31)c1cc(C(C)(C)C)ccc1-2. The van der Waals surface area contributed by atoms with Crippen molar-refractivity contribution >= 4 is 67.8 Å². The van der Waals surface area contributed by atoms with E-state index in [9.17, 15) is 0 Å². The van der Waals surface area contributed by atoms with Crippen molar-refractivity contribution in [3.05, 3.63) is 233 Å². The summed E-state index contributed by atoms with van der Waals surface area (Å²) in [6.07, 6.45) is 0. The average molecular weight is 906 g/mol. The molecule has 4 aliphatic rings. The van der Waals surface area contributed by atoms with Crippen LogP contribution < -0.4 is 25.6 Å². The van der Waals surface area contributed by atoms with Crippen LogP contribution in [0, 0.1) is 0 Å². The Balaban J connectivity index is 1.11. The van der Waals surface area contributed by atoms with Crippen LogP contribution in [0.5, 0.6) is 0 Å². The van der Waals surface area contributed by atoms with Gasteiger partial charge in [-0.2, -0.15) is 0 Å². The zero-order valence-corrected chi connectivity index (χ0v) is 41.8. The lowest BCUT2D eigenvalue weighted by Gasteiger charge is -2.52. The molecule has 0 N–H and O–H groups in total. The Morgan fingerprint density at radius 3 is 1.54 bits per heavy atom. The third-order valence-electron chi connectivity index (χ3n) is 16.9. The number of nitrogens with zero attached hydrogens (tertiary/aromatic N) is 1. The third-order valence-corrected chi connectivity index (χ3v) is 21.8. The molecule has 0 saturated heterocycles. The lowest BCUT2D eigenvalue weighted by atomic mass is 9.53. The van der Waals surface area contributed by atoms with E-state index in [2.05, 4.69) is 248 Å². The number of furan rings is 1. The monoisotopic (exact) mass is 905 g/mol. The van der Waals surface area contributed by atoms with Gasteiger partial charge >= 0.3 is 0 Å². The summed E-state index contributed by atoms with van der Waals surface area (Å²) >= 11 is 0. The van der Waals surface area contributed by atoms with Gasteiger partial charge < -0.3 is 9.32 Å². The fourth-order valence-electron chi connectivity index (χ4n) is 13.6. The summed E-state index contributed by atoms with van der Waals surface area (Å²) in [5.41, 5.74) is 20.7. The van der Waals surface area contributed by atoms with Gasteiger partial charge in [0.25, 0.3) is 0 Å². The van der Waals surface area contributed by atoms with Crippen LogP contribution in [0.15, 0.2) is 192 Å². The molecule has 0 atom stereocenters. The Kier molecular flexibility index (Phi) is 8.00. The van der Waals surface area contributed by atoms with E-state index in [0.717, 1.165) is 27.6 Å². The van der Waals surface area contributed by atoms with Crippen molar-refractivity contribution in [3.63, 3.8) is 0 Å². The molecule has 2 spiro atoms. The number of hydrogen-bond donors (Lipinski definition) is 0. The second-order valence-electron chi connectivity index (χ2n) is 22.8. The highest BCUT2D eigenvalue weighted by Gasteiger charge is 2.56. The van der Waals surface area contributed by atoms with E-state index in [1.54, 1.807) is 0 Å². The van der Waals surface area contributed by atoms with Gasteiger partial charge in [-0.1, -0.05) is 207 Å². The Morgan fingerprint density at radius 2 is 0.899 bits per heavy atom. The quantitative estimate of drug-likeness (QED) is 0.153. The molecule has 69 heavy (non-hydrogen) atoms. The van der Waals surface area contributed by atoms with Gasteiger partial charge in [0.05, 0.1) is 16.8 Å². The van der Waals surface area contributed by atoms with Gasteiger partial charge in [0.2, 0.25) is 0 Å². The van der Waals surface area contributed by atoms with Gasteiger partial charge in [-0.3, -0.25) is 0 Å². The number of rotatable bonds is 1. The first kappa shape index (κ1) is 40.8. The van der Waals surface area contributed by atoms with Gasteiger partial charge in [0.15, 0.2) is 8.07 Å². The molecule has 3 heteroatoms. The van der Waals surface area contributed by atoms with E-state index in [1.807, 2.05) is 0 Å². The molecule has 9 aromatic carbocycles. The lowest BCUT2D eigenvalue weighted by molar-refractivity contribution is 0.556. The van der Waals surface area contributed by atoms with E-state index in [0.29, 0.717) is 0 Å². The maximum absolute atomic E-state index is 6.87. The predicted molar refractivity (Wildman–Crippen MR) is 291 cm³/mol. The van der Waals surface area contributed by atoms with Gasteiger partial charge in [0.1, 0.15) is 11.2 Å². The number of benzene rings is 9. The molecule has 4 heterocycles. The number of fused-ring (bicyclic) bond motifs is 21. The van der Waals surface area contributed by atoms with Crippen molar-refractivity contribution < 1.29 is 4.42 Å². The van der Waals surface area contributed by atoms with Crippen LogP contribution in [0.1, 0.15) is 99.9 Å². The topological polar surface area (TPSA) is 16.4 Å². The first-order valence-electron chi connectivity index (χ1n) is 24.8. The number of para-hydroxylation sites is 2. The normalized spacial score (nSPS) is 16.1. The predicted octanol–water partition coefficient (Wildman–Crippen LogP) is 14.3. The molecule has 14 rings (SSSR count). The summed E-state index contributed by atoms with van der Waals surface area (Å²) in [4.78, 5) is 2.59. The second-order valence-corrected chi connectivity index (χ2v) is 26.5. The standard InChI is InChI=1S/C66H55NOSi/c1-63(2,3)40-29-32-45-46-33-30-41(64(4,5)6)36-61(46)69(60(45)35-40)59-28-18-10-20-44(59)47-34-31-42(37-62(47)69)67-55-26-16-15-25-53(55)66(54-38-48-43-19-9-17-27-57(43)68-58(48)39-56(54)67)51-23-13-11-21-49(51)65(7,8)50-22-12-14-24-52(50)66/h9-39H,1-8H3. The smallest absolute Gasteiger partial charge is 0.182 e. The highest BCUT2D eigenvalue weighted by Crippen LogP contribution is 2.63. The maximum atomic E-state index is 6.87. The summed E-state index contributed by atoms with van der Waals surface area (Å²) in [6, 6.07) is 73.0. The van der Waals surface area contributed by atoms with E-state index < -0.39 is 13.5 Å². The molecule has 0 amide bonds. The fourth-order valence-corrected chi connectivity index (χ4v) is 19.3. The van der Waals surface area contributed by atoms with Gasteiger partial charge in [-0.15, -0.1) is 0 Å². The minimum atomic E-state index is -2.91. The molecule has 0 saturated carbocycles. The molecule has 0 unspecified atom stereocenters. The van der Waals surface area contributed by atoms with Crippen LogP contribution in [-0.2, 0) is 21.7 Å². The zero-order valence-electron chi connectivity index (χ0n) is 40.8. The molecule has 1 aliphatic carbocycles. The van der Waals surface area contributed by atoms with Gasteiger partial charge in [-0.05, 0) is 129 Å². The summed E-state index contributed by atoms with van der Waals surface area (Å²) < 4.78 is 6.87. The van der Waals surface area contributed by atoms with Gasteiger partial charge in [-0.25, -0.2) is 0 Å². The van der Waals surface area contributed by atoms with E-state index in [4.69, 9.17) is 4.42 Å². The molecule has 1 aromatic heterocycles. The van der Waals surface area contributed by atoms with Crippen molar-refractivity contribution in [2.24, 2.45) is 0 Å². The first-order chi connectivity index (χ1) is 33.2. The van der Waals surface area contributed by atoms with Crippen molar-refractivity contribution in [2.45, 2.75) is 77.0 Å². The maximum Gasteiger partial charge on any atom is 0.182 e. The van der Waals surface area contributed by atoms with Crippen LogP contribution in [0.2, 0.25) is 0 Å². The Labute approximate surface area is 406 Å². The van der Waals surface area contributed by atoms with Crippen molar-refractivity contribution in [1.29, 1.82) is 0 Å². The molecule has 0 fully saturated rings. The van der Waals surface area contributed by atoms with E-state index in [-0.39, 0.29) is 16.2 Å². The molecule has 2 nitrogen and oxygen atoms in total. The van der Waals surface area contributed by atoms with Crippen LogP contribution in [0.25, 0.3) is 44.2 Å². The second kappa shape index (κ2) is 13.5. The van der Waals surface area contributed by atoms with E-state index in [1.165, 1.54) is 98.9 Å². The minimum Gasteiger partial charge on any atom is -0.456 e. The van der Waals surface area contributed by atoms with Crippen LogP contribution in [-0.4, -0.2) is 8.07 Å². The number of hydrogen-bond acceptors (Lipinski definition) is 2. The summed E-state index contributed by atoms with van der Waals surface area (Å²) in [5, 5.41) is 8.27. The lowest BCUT2D eigenvalue weighted by Crippen LogP contribution is -2.71. The summed E-state index contributed by atoms with van der Waals surface area (Å²) in [7, 11) is -2.91. The highest BCUT2D eigenvalue weighted by atomic mass is 28.3.